The molecule has 0 saturated heterocycles. The van der Waals surface area contributed by atoms with E-state index < -0.39 is 24.2 Å². The second-order valence-corrected chi connectivity index (χ2v) is 7.74. The number of rotatable bonds is 3. The highest BCUT2D eigenvalue weighted by atomic mass is 35.5. The highest BCUT2D eigenvalue weighted by Crippen LogP contribution is 2.43. The lowest BCUT2D eigenvalue weighted by atomic mass is 9.97. The fraction of sp³-hybridized carbons (Fsp3) is 0.200. The molecule has 1 aromatic heterocycles. The first-order valence-corrected chi connectivity index (χ1v) is 9.71. The summed E-state index contributed by atoms with van der Waals surface area (Å²) < 4.78 is 42.1. The minimum atomic E-state index is -4.53. The molecule has 0 aliphatic carbocycles. The first-order valence-electron chi connectivity index (χ1n) is 8.96. The quantitative estimate of drug-likeness (QED) is 0.502. The molecule has 0 saturated carbocycles. The van der Waals surface area contributed by atoms with Crippen LogP contribution >= 0.6 is 23.2 Å². The van der Waals surface area contributed by atoms with Crippen molar-refractivity contribution >= 4 is 40.6 Å². The molecule has 3 aromatic rings. The van der Waals surface area contributed by atoms with Gasteiger partial charge in [0.25, 0.3) is 5.91 Å². The molecule has 4 rings (SSSR count). The second kappa shape index (κ2) is 7.85. The summed E-state index contributed by atoms with van der Waals surface area (Å²) in [5.41, 5.74) is 0.937. The largest absolute Gasteiger partial charge is 0.410 e. The fourth-order valence-electron chi connectivity index (χ4n) is 3.36. The Bertz CT molecular complexity index is 1080. The number of halogens is 5. The highest BCUT2D eigenvalue weighted by molar-refractivity contribution is 6.31. The fourth-order valence-corrected chi connectivity index (χ4v) is 3.68. The lowest BCUT2D eigenvalue weighted by molar-refractivity contribution is -0.173. The third-order valence-corrected chi connectivity index (χ3v) is 5.26. The molecule has 0 fully saturated rings. The van der Waals surface area contributed by atoms with Gasteiger partial charge in [-0.2, -0.15) is 18.3 Å². The van der Waals surface area contributed by atoms with Gasteiger partial charge in [0, 0.05) is 28.2 Å². The van der Waals surface area contributed by atoms with E-state index in [1.54, 1.807) is 42.5 Å². The van der Waals surface area contributed by atoms with Gasteiger partial charge in [-0.05, 0) is 35.9 Å². The summed E-state index contributed by atoms with van der Waals surface area (Å²) in [6.45, 7) is 0. The van der Waals surface area contributed by atoms with Crippen molar-refractivity contribution in [1.29, 1.82) is 0 Å². The average molecular weight is 455 g/mol. The van der Waals surface area contributed by atoms with Crippen LogP contribution in [-0.2, 0) is 0 Å². The summed E-state index contributed by atoms with van der Waals surface area (Å²) >= 11 is 11.8. The van der Waals surface area contributed by atoms with E-state index in [1.165, 1.54) is 12.1 Å². The Morgan fingerprint density at radius 1 is 1.10 bits per heavy atom. The number of nitrogens with zero attached hydrogens (tertiary/aromatic N) is 2. The third kappa shape index (κ3) is 4.24. The van der Waals surface area contributed by atoms with E-state index >= 15 is 0 Å². The molecule has 2 unspecified atom stereocenters. The molecule has 10 heteroatoms. The average Bonchev–Trinajstić information content (AvgIpc) is 3.11. The van der Waals surface area contributed by atoms with E-state index in [9.17, 15) is 18.0 Å². The van der Waals surface area contributed by atoms with E-state index in [-0.39, 0.29) is 17.9 Å². The van der Waals surface area contributed by atoms with E-state index in [0.717, 1.165) is 4.68 Å². The topological polar surface area (TPSA) is 59.0 Å². The van der Waals surface area contributed by atoms with Gasteiger partial charge in [-0.25, -0.2) is 4.68 Å². The van der Waals surface area contributed by atoms with Crippen LogP contribution in [0.15, 0.2) is 54.6 Å². The van der Waals surface area contributed by atoms with Gasteiger partial charge in [0.1, 0.15) is 5.82 Å². The number of hydrogen-bond acceptors (Lipinski definition) is 3. The molecule has 0 spiro atoms. The first kappa shape index (κ1) is 20.6. The maximum Gasteiger partial charge on any atom is 0.410 e. The van der Waals surface area contributed by atoms with Crippen molar-refractivity contribution in [2.24, 2.45) is 0 Å². The van der Waals surface area contributed by atoms with E-state index in [4.69, 9.17) is 23.2 Å². The van der Waals surface area contributed by atoms with Gasteiger partial charge in [-0.15, -0.1) is 0 Å². The smallest absolute Gasteiger partial charge is 0.363 e. The zero-order valence-electron chi connectivity index (χ0n) is 15.3. The summed E-state index contributed by atoms with van der Waals surface area (Å²) in [6, 6.07) is 11.8. The molecule has 2 atom stereocenters. The lowest BCUT2D eigenvalue weighted by Gasteiger charge is -2.33. The van der Waals surface area contributed by atoms with Crippen molar-refractivity contribution in [2.75, 3.05) is 10.6 Å². The number of fused-ring (bicyclic) bond motifs is 1. The molecule has 2 aromatic carbocycles. The summed E-state index contributed by atoms with van der Waals surface area (Å²) in [5.74, 6) is -0.523. The Hall–Kier alpha value is -2.71. The Morgan fingerprint density at radius 3 is 2.50 bits per heavy atom. The molecule has 30 heavy (non-hydrogen) atoms. The monoisotopic (exact) mass is 454 g/mol. The van der Waals surface area contributed by atoms with Gasteiger partial charge in [0.2, 0.25) is 0 Å². The van der Waals surface area contributed by atoms with Crippen molar-refractivity contribution in [3.8, 4) is 0 Å². The van der Waals surface area contributed by atoms with Crippen molar-refractivity contribution in [1.82, 2.24) is 9.78 Å². The van der Waals surface area contributed by atoms with Gasteiger partial charge < -0.3 is 10.6 Å². The van der Waals surface area contributed by atoms with Crippen LogP contribution in [0.1, 0.15) is 34.6 Å². The first-order chi connectivity index (χ1) is 14.2. The Kier molecular flexibility index (Phi) is 5.38. The maximum atomic E-state index is 13.7. The van der Waals surface area contributed by atoms with Gasteiger partial charge in [0.15, 0.2) is 11.7 Å². The van der Waals surface area contributed by atoms with Crippen LogP contribution in [-0.4, -0.2) is 21.9 Å². The third-order valence-electron chi connectivity index (χ3n) is 4.78. The van der Waals surface area contributed by atoms with E-state index in [2.05, 4.69) is 15.7 Å². The standard InChI is InChI=1S/C20H15Cl2F3N4O/c21-12-6-4-11(5-7-12)15-9-17(20(23,24)25)29-18(27-15)10-16(28-29)19(30)26-14-3-1-2-13(22)8-14/h1-8,10,15,17,27H,9H2,(H,26,30). The molecule has 2 heterocycles. The van der Waals surface area contributed by atoms with E-state index in [1.807, 2.05) is 0 Å². The SMILES string of the molecule is O=C(Nc1cccc(Cl)c1)c1cc2n(n1)C(C(F)(F)F)CC(c1ccc(Cl)cc1)N2. The van der Waals surface area contributed by atoms with Crippen LogP contribution < -0.4 is 10.6 Å². The van der Waals surface area contributed by atoms with Crippen LogP contribution in [0, 0.1) is 0 Å². The number of carbonyl (C=O) groups is 1. The predicted octanol–water partition coefficient (Wildman–Crippen LogP) is 6.10. The molecule has 5 nitrogen and oxygen atoms in total. The number of nitrogens with one attached hydrogen (secondary N) is 2. The molecule has 1 aliphatic heterocycles. The number of aromatic nitrogens is 2. The Balaban J connectivity index is 1.64. The number of anilines is 2. The van der Waals surface area contributed by atoms with Gasteiger partial charge in [-0.1, -0.05) is 41.4 Å². The number of alkyl halides is 3. The maximum absolute atomic E-state index is 13.7. The zero-order chi connectivity index (χ0) is 21.5. The highest BCUT2D eigenvalue weighted by Gasteiger charge is 2.46. The molecule has 0 radical (unpaired) electrons. The predicted molar refractivity (Wildman–Crippen MR) is 109 cm³/mol. The number of amides is 1. The van der Waals surface area contributed by atoms with Crippen LogP contribution in [0.2, 0.25) is 10.0 Å². The lowest BCUT2D eigenvalue weighted by Crippen LogP contribution is -2.35. The number of carbonyl (C=O) groups excluding carboxylic acids is 1. The summed E-state index contributed by atoms with van der Waals surface area (Å²) in [7, 11) is 0. The van der Waals surface area contributed by atoms with Crippen LogP contribution in [0.4, 0.5) is 24.7 Å². The summed E-state index contributed by atoms with van der Waals surface area (Å²) in [4.78, 5) is 12.5. The summed E-state index contributed by atoms with van der Waals surface area (Å²) in [6.07, 6.45) is -4.80. The molecule has 156 valence electrons. The van der Waals surface area contributed by atoms with E-state index in [0.29, 0.717) is 21.3 Å². The van der Waals surface area contributed by atoms with Crippen molar-refractivity contribution in [3.05, 3.63) is 75.9 Å². The minimum Gasteiger partial charge on any atom is -0.363 e. The minimum absolute atomic E-state index is 0.111. The van der Waals surface area contributed by atoms with Crippen molar-refractivity contribution < 1.29 is 18.0 Å². The van der Waals surface area contributed by atoms with Crippen molar-refractivity contribution in [2.45, 2.75) is 24.7 Å². The van der Waals surface area contributed by atoms with Crippen molar-refractivity contribution in [3.63, 3.8) is 0 Å². The molecule has 1 aliphatic rings. The normalized spacial score (nSPS) is 18.4. The van der Waals surface area contributed by atoms with Crippen LogP contribution in [0.5, 0.6) is 0 Å². The van der Waals surface area contributed by atoms with Gasteiger partial charge in [-0.3, -0.25) is 4.79 Å². The molecule has 1 amide bonds. The second-order valence-electron chi connectivity index (χ2n) is 6.87. The number of hydrogen-bond donors (Lipinski definition) is 2. The molecule has 0 bridgehead atoms. The van der Waals surface area contributed by atoms with Crippen LogP contribution in [0.25, 0.3) is 0 Å². The Morgan fingerprint density at radius 2 is 1.83 bits per heavy atom. The van der Waals surface area contributed by atoms with Crippen LogP contribution in [0.3, 0.4) is 0 Å². The molecule has 2 N–H and O–H groups in total. The molecular formula is C20H15Cl2F3N4O. The Labute approximate surface area is 179 Å². The molecular weight excluding hydrogens is 440 g/mol. The zero-order valence-corrected chi connectivity index (χ0v) is 16.8. The summed E-state index contributed by atoms with van der Waals surface area (Å²) in [5, 5.41) is 10.5. The van der Waals surface area contributed by atoms with Gasteiger partial charge in [0.05, 0.1) is 6.04 Å². The van der Waals surface area contributed by atoms with Gasteiger partial charge >= 0.3 is 6.18 Å². The number of benzene rings is 2.